The summed E-state index contributed by atoms with van der Waals surface area (Å²) in [5.41, 5.74) is 0.209. The van der Waals surface area contributed by atoms with Crippen LogP contribution in [-0.2, 0) is 9.59 Å². The van der Waals surface area contributed by atoms with Crippen molar-refractivity contribution >= 4 is 52.6 Å². The number of nitrogens with one attached hydrogen (secondary N) is 1. The summed E-state index contributed by atoms with van der Waals surface area (Å²) in [6.45, 7) is -1.07. The van der Waals surface area contributed by atoms with Crippen LogP contribution in [0.4, 0.5) is 8.78 Å². The molecule has 0 spiro atoms. The van der Waals surface area contributed by atoms with Gasteiger partial charge in [-0.15, -0.1) is 22.0 Å². The zero-order valence-corrected chi connectivity index (χ0v) is 18.1. The number of carbonyl (C=O) groups excluding carboxylic acids is 2. The van der Waals surface area contributed by atoms with Gasteiger partial charge in [0.05, 0.1) is 0 Å². The second-order valence-electron chi connectivity index (χ2n) is 6.45. The number of aryl methyl sites for hydroxylation is 1. The van der Waals surface area contributed by atoms with Gasteiger partial charge >= 0.3 is 12.5 Å². The number of aromatic nitrogens is 4. The molecule has 0 saturated carbocycles. The lowest BCUT2D eigenvalue weighted by Crippen LogP contribution is -2.70. The van der Waals surface area contributed by atoms with Crippen molar-refractivity contribution in [2.24, 2.45) is 0 Å². The van der Waals surface area contributed by atoms with Crippen molar-refractivity contribution in [2.75, 3.05) is 11.5 Å². The van der Waals surface area contributed by atoms with Crippen LogP contribution in [0.15, 0.2) is 27.9 Å². The highest BCUT2D eigenvalue weighted by Gasteiger charge is 2.54. The third kappa shape index (κ3) is 4.16. The Hall–Kier alpha value is -2.52. The molecule has 2 N–H and O–H groups in total. The first-order valence-corrected chi connectivity index (χ1v) is 11.6. The number of nitrogens with zero attached hydrogens (tertiary/aromatic N) is 5. The van der Waals surface area contributed by atoms with Gasteiger partial charge in [0.15, 0.2) is 4.34 Å². The second kappa shape index (κ2) is 8.55. The molecule has 4 heterocycles. The number of hydrogen-bond donors (Lipinski definition) is 2. The molecular formula is C16H14F2N6O4S3. The fourth-order valence-corrected chi connectivity index (χ4v) is 6.36. The lowest BCUT2D eigenvalue weighted by atomic mass is 10.0. The van der Waals surface area contributed by atoms with E-state index in [0.29, 0.717) is 26.1 Å². The number of halogens is 2. The molecule has 1 fully saturated rings. The van der Waals surface area contributed by atoms with E-state index in [1.54, 1.807) is 0 Å². The Bertz CT molecular complexity index is 1090. The molecule has 0 aromatic carbocycles. The van der Waals surface area contributed by atoms with Crippen molar-refractivity contribution in [3.63, 3.8) is 0 Å². The molecule has 1 saturated heterocycles. The minimum absolute atomic E-state index is 0.102. The molecule has 2 aromatic rings. The van der Waals surface area contributed by atoms with E-state index in [4.69, 9.17) is 0 Å². The Kier molecular flexibility index (Phi) is 5.98. The smallest absolute Gasteiger partial charge is 0.352 e. The molecule has 2 aromatic heterocycles. The summed E-state index contributed by atoms with van der Waals surface area (Å²) in [7, 11) is 0. The average molecular weight is 489 g/mol. The van der Waals surface area contributed by atoms with Crippen molar-refractivity contribution < 1.29 is 28.3 Å². The molecule has 2 amide bonds. The van der Waals surface area contributed by atoms with Crippen LogP contribution >= 0.6 is 34.9 Å². The lowest BCUT2D eigenvalue weighted by Gasteiger charge is -2.49. The molecule has 2 atom stereocenters. The molecule has 31 heavy (non-hydrogen) atoms. The van der Waals surface area contributed by atoms with Crippen molar-refractivity contribution in [3.8, 4) is 0 Å². The molecule has 4 rings (SSSR count). The molecule has 2 aliphatic heterocycles. The fourth-order valence-electron chi connectivity index (χ4n) is 3.06. The summed E-state index contributed by atoms with van der Waals surface area (Å²) < 4.78 is 26.3. The van der Waals surface area contributed by atoms with Gasteiger partial charge in [-0.25, -0.2) is 9.48 Å². The normalized spacial score (nSPS) is 20.6. The largest absolute Gasteiger partial charge is 0.477 e. The van der Waals surface area contributed by atoms with Crippen molar-refractivity contribution in [1.29, 1.82) is 0 Å². The maximum Gasteiger partial charge on any atom is 0.352 e. The molecule has 15 heteroatoms. The van der Waals surface area contributed by atoms with Crippen LogP contribution in [0.5, 0.6) is 0 Å². The summed E-state index contributed by atoms with van der Waals surface area (Å²) in [6, 6.07) is 0.146. The van der Waals surface area contributed by atoms with Gasteiger partial charge in [-0.05, 0) is 18.6 Å². The zero-order valence-electron chi connectivity index (χ0n) is 15.7. The predicted molar refractivity (Wildman–Crippen MR) is 108 cm³/mol. The number of fused-ring (bicyclic) bond motifs is 1. The third-order valence-electron chi connectivity index (χ3n) is 4.45. The standard InChI is InChI=1S/C16H14F2N6O4S3/c1-6-20-21-16(31-6)30-5-7-4-29-13-9(12(26)24(13)10(7)14(27)28)19-11(25)8-2-3-23(22-8)15(17)18/h2-3,9,13,15H,4-5H2,1H3,(H,19,25)(H,27,28)/t9-,13+/m1/s1. The molecule has 164 valence electrons. The number of hydrogen-bond acceptors (Lipinski definition) is 9. The molecule has 0 unspecified atom stereocenters. The van der Waals surface area contributed by atoms with Crippen molar-refractivity contribution in [3.05, 3.63) is 34.2 Å². The number of rotatable bonds is 7. The Labute approximate surface area is 186 Å². The van der Waals surface area contributed by atoms with E-state index in [2.05, 4.69) is 20.6 Å². The predicted octanol–water partition coefficient (Wildman–Crippen LogP) is 1.58. The van der Waals surface area contributed by atoms with E-state index in [9.17, 15) is 28.3 Å². The van der Waals surface area contributed by atoms with Crippen molar-refractivity contribution in [1.82, 2.24) is 30.2 Å². The molecule has 10 nitrogen and oxygen atoms in total. The van der Waals surface area contributed by atoms with E-state index in [0.717, 1.165) is 22.2 Å². The number of alkyl halides is 2. The van der Waals surface area contributed by atoms with Crippen LogP contribution in [-0.4, -0.2) is 70.7 Å². The second-order valence-corrected chi connectivity index (χ2v) is 9.96. The number of carboxylic acid groups (broad SMARTS) is 1. The number of carbonyl (C=O) groups is 3. The number of amides is 2. The van der Waals surface area contributed by atoms with Crippen LogP contribution in [0.1, 0.15) is 22.0 Å². The maximum absolute atomic E-state index is 12.6. The van der Waals surface area contributed by atoms with Gasteiger partial charge in [0.25, 0.3) is 11.8 Å². The van der Waals surface area contributed by atoms with Gasteiger partial charge < -0.3 is 10.4 Å². The quantitative estimate of drug-likeness (QED) is 0.441. The first kappa shape index (κ1) is 21.7. The average Bonchev–Trinajstić information content (AvgIpc) is 3.38. The maximum atomic E-state index is 12.6. The van der Waals surface area contributed by atoms with Gasteiger partial charge in [-0.1, -0.05) is 23.1 Å². The van der Waals surface area contributed by atoms with E-state index < -0.39 is 35.7 Å². The number of thioether (sulfide) groups is 2. The zero-order chi connectivity index (χ0) is 22.3. The minimum atomic E-state index is -2.89. The van der Waals surface area contributed by atoms with Crippen LogP contribution in [0, 0.1) is 6.92 Å². The number of aliphatic carboxylic acids is 1. The molecule has 0 aliphatic carbocycles. The highest BCUT2D eigenvalue weighted by atomic mass is 32.2. The Morgan fingerprint density at radius 2 is 2.19 bits per heavy atom. The van der Waals surface area contributed by atoms with Gasteiger partial charge in [-0.3, -0.25) is 14.5 Å². The highest BCUT2D eigenvalue weighted by molar-refractivity contribution is 8.01. The topological polar surface area (TPSA) is 130 Å². The highest BCUT2D eigenvalue weighted by Crippen LogP contribution is 2.41. The summed E-state index contributed by atoms with van der Waals surface area (Å²) in [5, 5.41) is 23.7. The number of carboxylic acids is 1. The first-order chi connectivity index (χ1) is 14.8. The van der Waals surface area contributed by atoms with Crippen LogP contribution in [0.25, 0.3) is 0 Å². The first-order valence-electron chi connectivity index (χ1n) is 8.73. The van der Waals surface area contributed by atoms with Gasteiger partial charge in [-0.2, -0.15) is 13.9 Å². The fraction of sp³-hybridized carbons (Fsp3) is 0.375. The van der Waals surface area contributed by atoms with E-state index in [1.807, 2.05) is 6.92 Å². The van der Waals surface area contributed by atoms with Crippen molar-refractivity contribution in [2.45, 2.75) is 29.2 Å². The third-order valence-corrected chi connectivity index (χ3v) is 7.85. The Balaban J connectivity index is 1.46. The summed E-state index contributed by atoms with van der Waals surface area (Å²) in [4.78, 5) is 38.0. The summed E-state index contributed by atoms with van der Waals surface area (Å²) in [5.74, 6) is -1.91. The molecule has 2 aliphatic rings. The molecule has 0 bridgehead atoms. The van der Waals surface area contributed by atoms with E-state index in [-0.39, 0.29) is 11.4 Å². The van der Waals surface area contributed by atoms with Crippen LogP contribution < -0.4 is 5.32 Å². The summed E-state index contributed by atoms with van der Waals surface area (Å²) >= 11 is 4.05. The molecule has 0 radical (unpaired) electrons. The van der Waals surface area contributed by atoms with Gasteiger partial charge in [0.1, 0.15) is 27.8 Å². The minimum Gasteiger partial charge on any atom is -0.477 e. The summed E-state index contributed by atoms with van der Waals surface area (Å²) in [6.07, 6.45) is 0.957. The molecular weight excluding hydrogens is 474 g/mol. The van der Waals surface area contributed by atoms with Gasteiger partial charge in [0.2, 0.25) is 0 Å². The monoisotopic (exact) mass is 488 g/mol. The van der Waals surface area contributed by atoms with E-state index >= 15 is 0 Å². The SMILES string of the molecule is Cc1nnc(SCC2=C(C(=O)O)N3C(=O)[C@@H](NC(=O)c4ccn(C(F)F)n4)[C@@H]3SC2)s1. The van der Waals surface area contributed by atoms with Crippen LogP contribution in [0.3, 0.4) is 0 Å². The van der Waals surface area contributed by atoms with Crippen LogP contribution in [0.2, 0.25) is 0 Å². The van der Waals surface area contributed by atoms with E-state index in [1.165, 1.54) is 34.9 Å². The van der Waals surface area contributed by atoms with Gasteiger partial charge in [0, 0.05) is 17.7 Å². The Morgan fingerprint density at radius 3 is 2.81 bits per heavy atom. The lowest BCUT2D eigenvalue weighted by molar-refractivity contribution is -0.148. The Morgan fingerprint density at radius 1 is 1.42 bits per heavy atom. The number of β-lactam (4-membered cyclic amide) rings is 1.